The van der Waals surface area contributed by atoms with E-state index in [-0.39, 0.29) is 11.2 Å². The molecule has 0 saturated carbocycles. The van der Waals surface area contributed by atoms with Gasteiger partial charge in [0.05, 0.1) is 5.39 Å². The number of aryl methyl sites for hydroxylation is 1. The van der Waals surface area contributed by atoms with Gasteiger partial charge in [-0.05, 0) is 30.2 Å². The largest absolute Gasteiger partial charge is 0.450 e. The third kappa shape index (κ3) is 4.34. The second-order valence-electron chi connectivity index (χ2n) is 6.13. The van der Waals surface area contributed by atoms with Crippen molar-refractivity contribution in [3.05, 3.63) is 80.7 Å². The van der Waals surface area contributed by atoms with Gasteiger partial charge in [-0.1, -0.05) is 65.0 Å². The van der Waals surface area contributed by atoms with Crippen LogP contribution in [0.4, 0.5) is 5.13 Å². The van der Waals surface area contributed by atoms with Crippen molar-refractivity contribution in [1.82, 2.24) is 10.2 Å². The minimum Gasteiger partial charge on any atom is -0.450 e. The monoisotopic (exact) mass is 443 g/mol. The van der Waals surface area contributed by atoms with Crippen LogP contribution in [-0.2, 0) is 5.75 Å². The summed E-state index contributed by atoms with van der Waals surface area (Å²) >= 11 is 8.87. The van der Waals surface area contributed by atoms with Crippen LogP contribution in [0.1, 0.15) is 21.7 Å². The van der Waals surface area contributed by atoms with Gasteiger partial charge in [-0.2, -0.15) is 0 Å². The maximum Gasteiger partial charge on any atom is 0.293 e. The highest BCUT2D eigenvalue weighted by Crippen LogP contribution is 2.30. The number of aromatic nitrogens is 2. The number of benzene rings is 2. The first kappa shape index (κ1) is 19.6. The Morgan fingerprint density at radius 1 is 1.21 bits per heavy atom. The zero-order valence-corrected chi connectivity index (χ0v) is 17.5. The Hall–Kier alpha value is -2.68. The molecule has 0 aliphatic rings. The maximum absolute atomic E-state index is 12.5. The number of hydrogen-bond acceptors (Lipinski definition) is 7. The molecule has 0 aliphatic carbocycles. The Labute approximate surface area is 178 Å². The first-order chi connectivity index (χ1) is 14.0. The van der Waals surface area contributed by atoms with E-state index < -0.39 is 5.91 Å². The first-order valence-electron chi connectivity index (χ1n) is 8.56. The van der Waals surface area contributed by atoms with Gasteiger partial charge in [-0.25, -0.2) is 0 Å². The molecule has 0 saturated heterocycles. The van der Waals surface area contributed by atoms with Crippen molar-refractivity contribution in [2.24, 2.45) is 0 Å². The highest BCUT2D eigenvalue weighted by molar-refractivity contribution is 8.00. The molecule has 29 heavy (non-hydrogen) atoms. The molecular formula is C20H14ClN3O3S2. The number of hydrogen-bond donors (Lipinski definition) is 1. The number of nitrogens with one attached hydrogen (secondary N) is 1. The molecule has 4 rings (SSSR count). The minimum atomic E-state index is -0.550. The summed E-state index contributed by atoms with van der Waals surface area (Å²) in [5.74, 6) is 0.0180. The standard InChI is InChI=1S/C20H14ClN3O3S2/c1-11-5-4-7-13-15(25)9-16(27-17(11)13)18(26)22-19-23-24-20(29-19)28-10-12-6-2-3-8-14(12)21/h2-9H,10H2,1H3,(H,22,23,26). The van der Waals surface area contributed by atoms with Crippen LogP contribution in [0.5, 0.6) is 0 Å². The fourth-order valence-corrected chi connectivity index (χ4v) is 4.70. The van der Waals surface area contributed by atoms with Crippen molar-refractivity contribution >= 4 is 56.7 Å². The van der Waals surface area contributed by atoms with Gasteiger partial charge in [0.2, 0.25) is 5.13 Å². The Kier molecular flexibility index (Phi) is 5.66. The summed E-state index contributed by atoms with van der Waals surface area (Å²) in [7, 11) is 0. The van der Waals surface area contributed by atoms with E-state index in [4.69, 9.17) is 16.0 Å². The van der Waals surface area contributed by atoms with Crippen LogP contribution in [0.3, 0.4) is 0 Å². The van der Waals surface area contributed by atoms with Crippen molar-refractivity contribution in [2.45, 2.75) is 17.0 Å². The summed E-state index contributed by atoms with van der Waals surface area (Å²) in [5, 5.41) is 12.1. The molecule has 0 fully saturated rings. The number of para-hydroxylation sites is 1. The molecule has 2 aromatic carbocycles. The summed E-state index contributed by atoms with van der Waals surface area (Å²) < 4.78 is 6.35. The first-order valence-corrected chi connectivity index (χ1v) is 10.7. The predicted molar refractivity (Wildman–Crippen MR) is 116 cm³/mol. The summed E-state index contributed by atoms with van der Waals surface area (Å²) in [6.45, 7) is 1.82. The molecule has 2 heterocycles. The van der Waals surface area contributed by atoms with Crippen LogP contribution >= 0.6 is 34.7 Å². The van der Waals surface area contributed by atoms with E-state index in [1.807, 2.05) is 37.3 Å². The lowest BCUT2D eigenvalue weighted by molar-refractivity contribution is 0.0997. The normalized spacial score (nSPS) is 11.0. The van der Waals surface area contributed by atoms with Gasteiger partial charge in [0.1, 0.15) is 5.58 Å². The van der Waals surface area contributed by atoms with E-state index >= 15 is 0 Å². The molecule has 146 valence electrons. The van der Waals surface area contributed by atoms with Crippen LogP contribution < -0.4 is 10.7 Å². The van der Waals surface area contributed by atoms with E-state index in [0.717, 1.165) is 11.1 Å². The second kappa shape index (κ2) is 8.36. The van der Waals surface area contributed by atoms with E-state index in [1.165, 1.54) is 29.2 Å². The number of amides is 1. The number of carbonyl (C=O) groups excluding carboxylic acids is 1. The van der Waals surface area contributed by atoms with Crippen LogP contribution in [-0.4, -0.2) is 16.1 Å². The van der Waals surface area contributed by atoms with Crippen LogP contribution in [0.2, 0.25) is 5.02 Å². The number of fused-ring (bicyclic) bond motifs is 1. The summed E-state index contributed by atoms with van der Waals surface area (Å²) in [5.41, 5.74) is 1.91. The van der Waals surface area contributed by atoms with Crippen molar-refractivity contribution < 1.29 is 9.21 Å². The summed E-state index contributed by atoms with van der Waals surface area (Å²) in [4.78, 5) is 24.8. The zero-order chi connectivity index (χ0) is 20.4. The van der Waals surface area contributed by atoms with Crippen molar-refractivity contribution in [2.75, 3.05) is 5.32 Å². The van der Waals surface area contributed by atoms with Crippen molar-refractivity contribution in [3.8, 4) is 0 Å². The lowest BCUT2D eigenvalue weighted by Gasteiger charge is -2.04. The number of carbonyl (C=O) groups is 1. The van der Waals surface area contributed by atoms with Crippen LogP contribution in [0.25, 0.3) is 11.0 Å². The molecule has 0 unspecified atom stereocenters. The van der Waals surface area contributed by atoms with E-state index in [1.54, 1.807) is 12.1 Å². The number of rotatable bonds is 5. The molecule has 4 aromatic rings. The Morgan fingerprint density at radius 3 is 2.86 bits per heavy atom. The van der Waals surface area contributed by atoms with Crippen LogP contribution in [0.15, 0.2) is 62.1 Å². The molecule has 0 radical (unpaired) electrons. The molecule has 0 spiro atoms. The number of thioether (sulfide) groups is 1. The molecule has 2 aromatic heterocycles. The van der Waals surface area contributed by atoms with E-state index in [9.17, 15) is 9.59 Å². The quantitative estimate of drug-likeness (QED) is 0.339. The van der Waals surface area contributed by atoms with Gasteiger partial charge >= 0.3 is 0 Å². The lowest BCUT2D eigenvalue weighted by atomic mass is 10.1. The maximum atomic E-state index is 12.5. The average molecular weight is 444 g/mol. The highest BCUT2D eigenvalue weighted by atomic mass is 35.5. The third-order valence-electron chi connectivity index (χ3n) is 4.11. The van der Waals surface area contributed by atoms with E-state index in [2.05, 4.69) is 15.5 Å². The molecular weight excluding hydrogens is 430 g/mol. The van der Waals surface area contributed by atoms with Gasteiger partial charge in [0.25, 0.3) is 5.91 Å². The smallest absolute Gasteiger partial charge is 0.293 e. The SMILES string of the molecule is Cc1cccc2c(=O)cc(C(=O)Nc3nnc(SCc4ccccc4Cl)s3)oc12. The topological polar surface area (TPSA) is 85.1 Å². The number of halogens is 1. The fraction of sp³-hybridized carbons (Fsp3) is 0.100. The van der Waals surface area contributed by atoms with Gasteiger partial charge in [-0.3, -0.25) is 14.9 Å². The van der Waals surface area contributed by atoms with Crippen molar-refractivity contribution in [1.29, 1.82) is 0 Å². The predicted octanol–water partition coefficient (Wildman–Crippen LogP) is 5.15. The third-order valence-corrected chi connectivity index (χ3v) is 6.50. The Balaban J connectivity index is 1.48. The molecule has 1 amide bonds. The van der Waals surface area contributed by atoms with Crippen LogP contribution in [0, 0.1) is 6.92 Å². The lowest BCUT2D eigenvalue weighted by Crippen LogP contribution is -2.15. The Morgan fingerprint density at radius 2 is 2.03 bits per heavy atom. The molecule has 0 atom stereocenters. The second-order valence-corrected chi connectivity index (χ2v) is 8.74. The Bertz CT molecular complexity index is 1270. The van der Waals surface area contributed by atoms with E-state index in [0.29, 0.717) is 31.2 Å². The van der Waals surface area contributed by atoms with Gasteiger partial charge in [0, 0.05) is 16.8 Å². The summed E-state index contributed by atoms with van der Waals surface area (Å²) in [6, 6.07) is 14.0. The molecule has 9 heteroatoms. The summed E-state index contributed by atoms with van der Waals surface area (Å²) in [6.07, 6.45) is 0. The number of anilines is 1. The van der Waals surface area contributed by atoms with Crippen molar-refractivity contribution in [3.63, 3.8) is 0 Å². The zero-order valence-electron chi connectivity index (χ0n) is 15.1. The molecule has 0 aliphatic heterocycles. The molecule has 6 nitrogen and oxygen atoms in total. The van der Waals surface area contributed by atoms with Gasteiger partial charge < -0.3 is 4.42 Å². The van der Waals surface area contributed by atoms with Gasteiger partial charge in [-0.15, -0.1) is 10.2 Å². The fourth-order valence-electron chi connectivity index (χ4n) is 2.66. The minimum absolute atomic E-state index is 0.0720. The molecule has 1 N–H and O–H groups in total. The van der Waals surface area contributed by atoms with Gasteiger partial charge in [0.15, 0.2) is 15.5 Å². The number of nitrogens with zero attached hydrogens (tertiary/aromatic N) is 2. The highest BCUT2D eigenvalue weighted by Gasteiger charge is 2.16. The molecule has 0 bridgehead atoms. The average Bonchev–Trinajstić information content (AvgIpc) is 3.15.